The third kappa shape index (κ3) is 3.12. The molecule has 0 unspecified atom stereocenters. The first-order valence-electron chi connectivity index (χ1n) is 5.90. The van der Waals surface area contributed by atoms with Gasteiger partial charge in [0.2, 0.25) is 0 Å². The molecule has 19 heavy (non-hydrogen) atoms. The molecule has 0 atom stereocenters. The molecule has 6 heteroatoms. The summed E-state index contributed by atoms with van der Waals surface area (Å²) in [6.07, 6.45) is 3.66. The summed E-state index contributed by atoms with van der Waals surface area (Å²) >= 11 is 2.03. The fraction of sp³-hybridized carbons (Fsp3) is 0.308. The molecular formula is C13H13IN2O3. The minimum atomic E-state index is -0.484. The Bertz CT molecular complexity index is 541. The Morgan fingerprint density at radius 1 is 1.58 bits per heavy atom. The summed E-state index contributed by atoms with van der Waals surface area (Å²) < 4.78 is 0.725. The fourth-order valence-corrected chi connectivity index (χ4v) is 2.43. The first-order chi connectivity index (χ1) is 9.04. The molecule has 1 aromatic carbocycles. The molecule has 0 spiro atoms. The van der Waals surface area contributed by atoms with Crippen molar-refractivity contribution in [3.8, 4) is 0 Å². The van der Waals surface area contributed by atoms with E-state index in [-0.39, 0.29) is 17.6 Å². The number of nitro benzene ring substituents is 1. The van der Waals surface area contributed by atoms with Crippen molar-refractivity contribution >= 4 is 34.2 Å². The molecule has 1 amide bonds. The Kier molecular flexibility index (Phi) is 4.18. The molecule has 100 valence electrons. The van der Waals surface area contributed by atoms with Crippen LogP contribution in [0.3, 0.4) is 0 Å². The average molecular weight is 372 g/mol. The van der Waals surface area contributed by atoms with Gasteiger partial charge in [0.1, 0.15) is 0 Å². The summed E-state index contributed by atoms with van der Waals surface area (Å²) in [6.45, 7) is 4.13. The second kappa shape index (κ2) is 5.68. The number of hydrogen-bond acceptors (Lipinski definition) is 3. The normalized spacial score (nSPS) is 13.9. The van der Waals surface area contributed by atoms with Crippen LogP contribution in [-0.2, 0) is 0 Å². The van der Waals surface area contributed by atoms with E-state index in [0.29, 0.717) is 12.1 Å². The molecule has 1 fully saturated rings. The molecule has 0 aromatic heterocycles. The number of non-ortho nitro benzene ring substituents is 1. The molecule has 0 aliphatic heterocycles. The van der Waals surface area contributed by atoms with Crippen molar-refractivity contribution in [1.82, 2.24) is 4.90 Å². The topological polar surface area (TPSA) is 63.5 Å². The number of amides is 1. The molecule has 1 aromatic rings. The van der Waals surface area contributed by atoms with Gasteiger partial charge >= 0.3 is 0 Å². The SMILES string of the molecule is C=CCN(C(=O)c1cc([N+](=O)[O-])ccc1I)C1CC1. The summed E-state index contributed by atoms with van der Waals surface area (Å²) in [5, 5.41) is 10.8. The lowest BCUT2D eigenvalue weighted by Gasteiger charge is -2.21. The predicted octanol–water partition coefficient (Wildman–Crippen LogP) is 2.99. The van der Waals surface area contributed by atoms with E-state index in [2.05, 4.69) is 6.58 Å². The van der Waals surface area contributed by atoms with Crippen molar-refractivity contribution in [2.45, 2.75) is 18.9 Å². The lowest BCUT2D eigenvalue weighted by atomic mass is 10.1. The van der Waals surface area contributed by atoms with Gasteiger partial charge in [-0.3, -0.25) is 14.9 Å². The van der Waals surface area contributed by atoms with Crippen molar-refractivity contribution < 1.29 is 9.72 Å². The fourth-order valence-electron chi connectivity index (χ4n) is 1.87. The smallest absolute Gasteiger partial charge is 0.270 e. The number of benzene rings is 1. The largest absolute Gasteiger partial charge is 0.332 e. The van der Waals surface area contributed by atoms with Gasteiger partial charge in [0.05, 0.1) is 10.5 Å². The maximum absolute atomic E-state index is 12.5. The van der Waals surface area contributed by atoms with Crippen LogP contribution in [0.15, 0.2) is 30.9 Å². The van der Waals surface area contributed by atoms with Gasteiger partial charge in [-0.2, -0.15) is 0 Å². The minimum Gasteiger partial charge on any atom is -0.332 e. The zero-order valence-corrected chi connectivity index (χ0v) is 12.4. The third-order valence-corrected chi connectivity index (χ3v) is 3.91. The van der Waals surface area contributed by atoms with Crippen LogP contribution in [0.5, 0.6) is 0 Å². The molecule has 1 aliphatic carbocycles. The van der Waals surface area contributed by atoms with Gasteiger partial charge in [-0.05, 0) is 41.5 Å². The summed E-state index contributed by atoms with van der Waals surface area (Å²) in [6, 6.07) is 4.61. The quantitative estimate of drug-likeness (QED) is 0.346. The lowest BCUT2D eigenvalue weighted by molar-refractivity contribution is -0.384. The maximum atomic E-state index is 12.5. The molecular weight excluding hydrogens is 359 g/mol. The number of rotatable bonds is 5. The summed E-state index contributed by atoms with van der Waals surface area (Å²) in [5.74, 6) is -0.157. The van der Waals surface area contributed by atoms with Crippen LogP contribution < -0.4 is 0 Å². The second-order valence-corrected chi connectivity index (χ2v) is 5.56. The third-order valence-electron chi connectivity index (χ3n) is 2.97. The molecule has 0 bridgehead atoms. The van der Waals surface area contributed by atoms with Crippen molar-refractivity contribution in [1.29, 1.82) is 0 Å². The molecule has 5 nitrogen and oxygen atoms in total. The van der Waals surface area contributed by atoms with Crippen LogP contribution in [0, 0.1) is 13.7 Å². The van der Waals surface area contributed by atoms with E-state index in [1.807, 2.05) is 22.6 Å². The van der Waals surface area contributed by atoms with E-state index in [1.165, 1.54) is 12.1 Å². The van der Waals surface area contributed by atoms with Gasteiger partial charge in [0.25, 0.3) is 11.6 Å². The monoisotopic (exact) mass is 372 g/mol. The minimum absolute atomic E-state index is 0.0573. The standard InChI is InChI=1S/C13H13IN2O3/c1-2-7-15(9-3-4-9)13(17)11-8-10(16(18)19)5-6-12(11)14/h2,5-6,8-9H,1,3-4,7H2. The van der Waals surface area contributed by atoms with Gasteiger partial charge in [0, 0.05) is 28.3 Å². The van der Waals surface area contributed by atoms with Crippen LogP contribution in [0.4, 0.5) is 5.69 Å². The van der Waals surface area contributed by atoms with Crippen LogP contribution in [0.2, 0.25) is 0 Å². The highest BCUT2D eigenvalue weighted by Gasteiger charge is 2.33. The van der Waals surface area contributed by atoms with Crippen LogP contribution in [0.25, 0.3) is 0 Å². The molecule has 2 rings (SSSR count). The number of carbonyl (C=O) groups excluding carboxylic acids is 1. The Balaban J connectivity index is 2.33. The molecule has 0 heterocycles. The van der Waals surface area contributed by atoms with E-state index in [0.717, 1.165) is 16.4 Å². The molecule has 0 N–H and O–H groups in total. The van der Waals surface area contributed by atoms with Crippen LogP contribution >= 0.6 is 22.6 Å². The highest BCUT2D eigenvalue weighted by molar-refractivity contribution is 14.1. The van der Waals surface area contributed by atoms with Crippen LogP contribution in [-0.4, -0.2) is 28.3 Å². The van der Waals surface area contributed by atoms with Gasteiger partial charge in [-0.1, -0.05) is 6.08 Å². The highest BCUT2D eigenvalue weighted by Crippen LogP contribution is 2.30. The van der Waals surface area contributed by atoms with E-state index in [9.17, 15) is 14.9 Å². The van der Waals surface area contributed by atoms with E-state index in [1.54, 1.807) is 17.0 Å². The average Bonchev–Trinajstić information content (AvgIpc) is 3.19. The predicted molar refractivity (Wildman–Crippen MR) is 80.1 cm³/mol. The van der Waals surface area contributed by atoms with Crippen molar-refractivity contribution in [2.24, 2.45) is 0 Å². The second-order valence-electron chi connectivity index (χ2n) is 4.40. The number of hydrogen-bond donors (Lipinski definition) is 0. The summed E-state index contributed by atoms with van der Waals surface area (Å²) in [7, 11) is 0. The lowest BCUT2D eigenvalue weighted by Crippen LogP contribution is -2.33. The van der Waals surface area contributed by atoms with E-state index >= 15 is 0 Å². The number of nitro groups is 1. The van der Waals surface area contributed by atoms with Crippen molar-refractivity contribution in [2.75, 3.05) is 6.54 Å². The highest BCUT2D eigenvalue weighted by atomic mass is 127. The Morgan fingerprint density at radius 2 is 2.26 bits per heavy atom. The van der Waals surface area contributed by atoms with Crippen LogP contribution in [0.1, 0.15) is 23.2 Å². The molecule has 0 radical (unpaired) electrons. The Hall–Kier alpha value is -1.44. The summed E-state index contributed by atoms with van der Waals surface area (Å²) in [4.78, 5) is 24.5. The van der Waals surface area contributed by atoms with Crippen molar-refractivity contribution in [3.05, 3.63) is 50.1 Å². The molecule has 1 saturated carbocycles. The zero-order valence-electron chi connectivity index (χ0n) is 10.2. The molecule has 0 saturated heterocycles. The first kappa shape index (κ1) is 14.0. The number of halogens is 1. The van der Waals surface area contributed by atoms with Gasteiger partial charge in [-0.15, -0.1) is 6.58 Å². The van der Waals surface area contributed by atoms with E-state index < -0.39 is 4.92 Å². The number of carbonyl (C=O) groups is 1. The maximum Gasteiger partial charge on any atom is 0.270 e. The first-order valence-corrected chi connectivity index (χ1v) is 6.98. The Morgan fingerprint density at radius 3 is 2.79 bits per heavy atom. The summed E-state index contributed by atoms with van der Waals surface area (Å²) in [5.41, 5.74) is 0.335. The van der Waals surface area contributed by atoms with Crippen molar-refractivity contribution in [3.63, 3.8) is 0 Å². The Labute approximate surface area is 124 Å². The van der Waals surface area contributed by atoms with Gasteiger partial charge < -0.3 is 4.90 Å². The zero-order chi connectivity index (χ0) is 14.0. The van der Waals surface area contributed by atoms with Gasteiger partial charge in [0.15, 0.2) is 0 Å². The van der Waals surface area contributed by atoms with E-state index in [4.69, 9.17) is 0 Å². The number of nitrogens with zero attached hydrogens (tertiary/aromatic N) is 2. The van der Waals surface area contributed by atoms with Gasteiger partial charge in [-0.25, -0.2) is 0 Å². The molecule has 1 aliphatic rings.